The van der Waals surface area contributed by atoms with E-state index in [0.29, 0.717) is 17.9 Å². The molecule has 0 amide bonds. The van der Waals surface area contributed by atoms with E-state index in [0.717, 1.165) is 29.5 Å². The summed E-state index contributed by atoms with van der Waals surface area (Å²) in [6.45, 7) is 12.1. The maximum Gasteiger partial charge on any atom is 0.325 e. The van der Waals surface area contributed by atoms with Crippen molar-refractivity contribution in [3.05, 3.63) is 48.0 Å². The Bertz CT molecular complexity index is 1190. The van der Waals surface area contributed by atoms with Gasteiger partial charge in [0.05, 0.1) is 32.5 Å². The number of hydroxylamine groups is 2. The molecule has 212 valence electrons. The van der Waals surface area contributed by atoms with Crippen LogP contribution in [0.1, 0.15) is 59.9 Å². The standard InChI is InChI=1S/C32H43NO6/c1-20-13-18-26-31(5,6)32(26,28(20)34)33(39-30(2,3)4)23(29(35)38-9)19-21-14-16-22(17-15-21)27-24(36-7)11-10-12-25(27)37-8/h10-12,14-17,20,23,26H,13,18-19H2,1-9H3/t20?,23-,26?,32?/m0/s1. The van der Waals surface area contributed by atoms with Gasteiger partial charge in [-0.1, -0.05) is 51.1 Å². The van der Waals surface area contributed by atoms with Gasteiger partial charge in [0.1, 0.15) is 23.1 Å². The molecule has 0 saturated heterocycles. The normalized spacial score (nSPS) is 24.6. The molecule has 2 aromatic rings. The van der Waals surface area contributed by atoms with Gasteiger partial charge in [0.2, 0.25) is 0 Å². The smallest absolute Gasteiger partial charge is 0.325 e. The van der Waals surface area contributed by atoms with Crippen LogP contribution in [0.4, 0.5) is 0 Å². The molecule has 0 N–H and O–H groups in total. The maximum atomic E-state index is 13.9. The molecule has 2 aliphatic rings. The molecule has 2 saturated carbocycles. The Hall–Kier alpha value is -2.90. The average Bonchev–Trinajstić information content (AvgIpc) is 3.42. The highest BCUT2D eigenvalue weighted by Gasteiger charge is 2.81. The molecule has 7 heteroatoms. The van der Waals surface area contributed by atoms with Gasteiger partial charge in [0.15, 0.2) is 5.78 Å². The number of fused-ring (bicyclic) bond motifs is 1. The van der Waals surface area contributed by atoms with Crippen molar-refractivity contribution in [2.45, 2.75) is 78.0 Å². The van der Waals surface area contributed by atoms with Gasteiger partial charge in [-0.05, 0) is 68.2 Å². The van der Waals surface area contributed by atoms with Crippen LogP contribution < -0.4 is 9.47 Å². The van der Waals surface area contributed by atoms with E-state index in [1.165, 1.54) is 7.11 Å². The predicted molar refractivity (Wildman–Crippen MR) is 151 cm³/mol. The molecule has 0 spiro atoms. The van der Waals surface area contributed by atoms with Gasteiger partial charge >= 0.3 is 5.97 Å². The zero-order valence-corrected chi connectivity index (χ0v) is 24.8. The van der Waals surface area contributed by atoms with E-state index >= 15 is 0 Å². The number of carbonyl (C=O) groups excluding carboxylic acids is 2. The third-order valence-corrected chi connectivity index (χ3v) is 8.56. The lowest BCUT2D eigenvalue weighted by Crippen LogP contribution is -2.60. The first-order chi connectivity index (χ1) is 18.3. The van der Waals surface area contributed by atoms with Crippen LogP contribution in [0.3, 0.4) is 0 Å². The molecule has 2 fully saturated rings. The number of carbonyl (C=O) groups is 2. The number of hydrogen-bond donors (Lipinski definition) is 0. The molecular formula is C32H43NO6. The van der Waals surface area contributed by atoms with Crippen LogP contribution in [0.2, 0.25) is 0 Å². The second-order valence-electron chi connectivity index (χ2n) is 12.4. The fourth-order valence-corrected chi connectivity index (χ4v) is 6.62. The monoisotopic (exact) mass is 537 g/mol. The van der Waals surface area contributed by atoms with Crippen molar-refractivity contribution in [1.29, 1.82) is 0 Å². The average molecular weight is 538 g/mol. The Balaban J connectivity index is 1.74. The Labute approximate surface area is 232 Å². The first kappa shape index (κ1) is 29.1. The number of ketones is 1. The van der Waals surface area contributed by atoms with Gasteiger partial charge in [-0.15, -0.1) is 0 Å². The molecule has 0 aliphatic heterocycles. The van der Waals surface area contributed by atoms with Crippen molar-refractivity contribution in [2.75, 3.05) is 21.3 Å². The van der Waals surface area contributed by atoms with Gasteiger partial charge in [-0.3, -0.25) is 14.4 Å². The lowest BCUT2D eigenvalue weighted by atomic mass is 9.83. The molecule has 0 aromatic heterocycles. The van der Waals surface area contributed by atoms with E-state index < -0.39 is 23.2 Å². The molecule has 4 rings (SSSR count). The lowest BCUT2D eigenvalue weighted by molar-refractivity contribution is -0.280. The second-order valence-corrected chi connectivity index (χ2v) is 12.4. The molecule has 7 nitrogen and oxygen atoms in total. The molecule has 4 atom stereocenters. The van der Waals surface area contributed by atoms with Crippen molar-refractivity contribution in [3.8, 4) is 22.6 Å². The van der Waals surface area contributed by atoms with Crippen molar-refractivity contribution >= 4 is 11.8 Å². The first-order valence-corrected chi connectivity index (χ1v) is 13.7. The highest BCUT2D eigenvalue weighted by atomic mass is 16.7. The van der Waals surface area contributed by atoms with Crippen LogP contribution in [0.15, 0.2) is 42.5 Å². The number of benzene rings is 2. The maximum absolute atomic E-state index is 13.9. The molecule has 0 radical (unpaired) electrons. The topological polar surface area (TPSA) is 74.3 Å². The SMILES string of the molecule is COC(=O)[C@H](Cc1ccc(-c2c(OC)cccc2OC)cc1)N(OC(C)(C)C)C12C(=O)C(C)CCC1C2(C)C. The molecule has 0 bridgehead atoms. The van der Waals surface area contributed by atoms with Crippen molar-refractivity contribution in [3.63, 3.8) is 0 Å². The zero-order chi connectivity index (χ0) is 28.8. The molecule has 2 aliphatic carbocycles. The van der Waals surface area contributed by atoms with E-state index in [9.17, 15) is 9.59 Å². The minimum absolute atomic E-state index is 0.0949. The summed E-state index contributed by atoms with van der Waals surface area (Å²) in [5.74, 6) is 1.18. The van der Waals surface area contributed by atoms with Crippen molar-refractivity contribution < 1.29 is 28.6 Å². The summed E-state index contributed by atoms with van der Waals surface area (Å²) in [4.78, 5) is 33.9. The van der Waals surface area contributed by atoms with E-state index in [1.807, 2.05) is 70.2 Å². The van der Waals surface area contributed by atoms with Crippen LogP contribution in [-0.2, 0) is 25.6 Å². The largest absolute Gasteiger partial charge is 0.496 e. The number of hydrogen-bond acceptors (Lipinski definition) is 7. The molecule has 0 heterocycles. The lowest BCUT2D eigenvalue weighted by Gasteiger charge is -2.43. The van der Waals surface area contributed by atoms with Crippen LogP contribution in [0.5, 0.6) is 11.5 Å². The highest BCUT2D eigenvalue weighted by molar-refractivity contribution is 5.97. The van der Waals surface area contributed by atoms with Gasteiger partial charge < -0.3 is 14.2 Å². The predicted octanol–water partition coefficient (Wildman–Crippen LogP) is 5.88. The summed E-state index contributed by atoms with van der Waals surface area (Å²) in [5.41, 5.74) is 0.907. The number of ether oxygens (including phenoxy) is 3. The van der Waals surface area contributed by atoms with Gasteiger partial charge in [0.25, 0.3) is 0 Å². The molecular weight excluding hydrogens is 494 g/mol. The van der Waals surface area contributed by atoms with Crippen molar-refractivity contribution in [2.24, 2.45) is 17.3 Å². The summed E-state index contributed by atoms with van der Waals surface area (Å²) < 4.78 is 16.5. The van der Waals surface area contributed by atoms with E-state index in [4.69, 9.17) is 19.0 Å². The number of rotatable bonds is 9. The van der Waals surface area contributed by atoms with Gasteiger partial charge in [-0.2, -0.15) is 5.06 Å². The van der Waals surface area contributed by atoms with Crippen LogP contribution >= 0.6 is 0 Å². The van der Waals surface area contributed by atoms with E-state index in [2.05, 4.69) is 13.8 Å². The van der Waals surface area contributed by atoms with Crippen LogP contribution in [-0.4, -0.2) is 55.3 Å². The summed E-state index contributed by atoms with van der Waals surface area (Å²) in [5, 5.41) is 1.73. The first-order valence-electron chi connectivity index (χ1n) is 13.7. The van der Waals surface area contributed by atoms with Gasteiger partial charge in [0, 0.05) is 12.3 Å². The fourth-order valence-electron chi connectivity index (χ4n) is 6.62. The Morgan fingerprint density at radius 2 is 1.59 bits per heavy atom. The number of nitrogens with zero attached hydrogens (tertiary/aromatic N) is 1. The summed E-state index contributed by atoms with van der Waals surface area (Å²) >= 11 is 0. The fraction of sp³-hybridized carbons (Fsp3) is 0.562. The van der Waals surface area contributed by atoms with Gasteiger partial charge in [-0.25, -0.2) is 0 Å². The quantitative estimate of drug-likeness (QED) is 0.292. The zero-order valence-electron chi connectivity index (χ0n) is 24.8. The minimum atomic E-state index is -0.873. The summed E-state index contributed by atoms with van der Waals surface area (Å²) in [6.07, 6.45) is 2.11. The van der Waals surface area contributed by atoms with Crippen molar-refractivity contribution in [1.82, 2.24) is 5.06 Å². The summed E-state index contributed by atoms with van der Waals surface area (Å²) in [6, 6.07) is 12.9. The van der Waals surface area contributed by atoms with E-state index in [1.54, 1.807) is 19.3 Å². The molecule has 2 aromatic carbocycles. The Morgan fingerprint density at radius 3 is 2.10 bits per heavy atom. The number of Topliss-reactive ketones (excluding diaryl/α,β-unsaturated/α-hetero) is 1. The Kier molecular flexibility index (Phi) is 7.89. The number of esters is 1. The third-order valence-electron chi connectivity index (χ3n) is 8.56. The minimum Gasteiger partial charge on any atom is -0.496 e. The summed E-state index contributed by atoms with van der Waals surface area (Å²) in [7, 11) is 4.66. The number of methoxy groups -OCH3 is 3. The molecule has 3 unspecified atom stereocenters. The van der Waals surface area contributed by atoms with Crippen LogP contribution in [0, 0.1) is 17.3 Å². The third kappa shape index (κ3) is 4.95. The van der Waals surface area contributed by atoms with Crippen LogP contribution in [0.25, 0.3) is 11.1 Å². The van der Waals surface area contributed by atoms with E-state index in [-0.39, 0.29) is 23.0 Å². The Morgan fingerprint density at radius 1 is 1.00 bits per heavy atom. The highest BCUT2D eigenvalue weighted by Crippen LogP contribution is 2.71. The second kappa shape index (κ2) is 10.6. The molecule has 39 heavy (non-hydrogen) atoms.